The zero-order valence-corrected chi connectivity index (χ0v) is 17.6. The summed E-state index contributed by atoms with van der Waals surface area (Å²) in [6, 6.07) is 0. The van der Waals surface area contributed by atoms with Gasteiger partial charge < -0.3 is 24.9 Å². The number of hydrogen-bond donors (Lipinski definition) is 7. The fraction of sp³-hybridized carbons (Fsp3) is 1.00. The van der Waals surface area contributed by atoms with Crippen molar-refractivity contribution in [2.75, 3.05) is 53.1 Å². The fourth-order valence-corrected chi connectivity index (χ4v) is 2.52. The number of nitrogens with zero attached hydrogens (tertiary/aromatic N) is 2. The molecular weight excluding hydrogens is 454 g/mol. The van der Waals surface area contributed by atoms with E-state index in [-0.39, 0.29) is 40.0 Å². The monoisotopic (exact) mass is 477 g/mol. The second kappa shape index (κ2) is 17.4. The van der Waals surface area contributed by atoms with E-state index in [1.54, 1.807) is 0 Å². The summed E-state index contributed by atoms with van der Waals surface area (Å²) in [5.74, 6) is 0. The molecule has 0 aromatic rings. The minimum absolute atomic E-state index is 0.218. The molecule has 0 aromatic heterocycles. The summed E-state index contributed by atoms with van der Waals surface area (Å²) in [6.45, 7) is 0.200. The van der Waals surface area contributed by atoms with Crippen LogP contribution in [-0.2, 0) is 27.2 Å². The molecule has 2 unspecified atom stereocenters. The molecule has 0 fully saturated rings. The van der Waals surface area contributed by atoms with E-state index in [2.05, 4.69) is 23.4 Å². The van der Waals surface area contributed by atoms with Gasteiger partial charge >= 0.3 is 33.7 Å². The Kier molecular flexibility index (Phi) is 17.8. The third-order valence-corrected chi connectivity index (χ3v) is 3.99. The van der Waals surface area contributed by atoms with Crippen LogP contribution in [-0.4, -0.2) is 92.3 Å². The molecule has 160 valence electrons. The van der Waals surface area contributed by atoms with Crippen LogP contribution in [0.2, 0.25) is 0 Å². The minimum atomic E-state index is -2.82. The highest BCUT2D eigenvalue weighted by Gasteiger charge is 2.20. The van der Waals surface area contributed by atoms with E-state index in [1.807, 2.05) is 0 Å². The molecule has 0 spiro atoms. The van der Waals surface area contributed by atoms with Gasteiger partial charge in [-0.2, -0.15) is 0 Å². The van der Waals surface area contributed by atoms with E-state index < -0.39 is 33.7 Å². The maximum absolute atomic E-state index is 10.5. The standard InChI is InChI=1S/C8H21N3O12P4/c12-24(13)20-5-10(6-21-25(14)15)3-1-9-2-4-11(7-22-26(16)17)8-23-27(18)19/h9,12-15H,1-8H2/p+2. The lowest BCUT2D eigenvalue weighted by Crippen LogP contribution is -2.38. The van der Waals surface area contributed by atoms with Gasteiger partial charge in [-0.15, -0.1) is 18.8 Å². The normalized spacial score (nSPS) is 13.3. The fourth-order valence-electron chi connectivity index (χ4n) is 1.46. The molecule has 0 radical (unpaired) electrons. The number of hydrogen-bond acceptors (Lipinski definition) is 13. The summed E-state index contributed by atoms with van der Waals surface area (Å²) in [5.41, 5.74) is 0. The summed E-state index contributed by atoms with van der Waals surface area (Å²) in [7, 11) is -10.8. The Bertz CT molecular complexity index is 392. The highest BCUT2D eigenvalue weighted by Crippen LogP contribution is 2.26. The first-order valence-electron chi connectivity index (χ1n) is 7.05. The second-order valence-corrected chi connectivity index (χ2v) is 7.55. The molecule has 19 heteroatoms. The average molecular weight is 477 g/mol. The van der Waals surface area contributed by atoms with Crippen LogP contribution in [0.1, 0.15) is 0 Å². The van der Waals surface area contributed by atoms with Crippen molar-refractivity contribution in [1.29, 1.82) is 0 Å². The Morgan fingerprint density at radius 2 is 1.11 bits per heavy atom. The van der Waals surface area contributed by atoms with E-state index >= 15 is 0 Å². The van der Waals surface area contributed by atoms with Gasteiger partial charge in [-0.25, -0.2) is 4.90 Å². The van der Waals surface area contributed by atoms with Crippen LogP contribution in [0, 0.1) is 0 Å². The number of rotatable bonds is 18. The molecule has 0 heterocycles. The lowest BCUT2D eigenvalue weighted by Gasteiger charge is -2.22. The Hall–Kier alpha value is 0.540. The molecular formula is C8H23N3O12P4+2. The van der Waals surface area contributed by atoms with Gasteiger partial charge in [0.15, 0.2) is 13.5 Å². The van der Waals surface area contributed by atoms with Gasteiger partial charge in [0, 0.05) is 35.3 Å². The van der Waals surface area contributed by atoms with Crippen molar-refractivity contribution in [3.05, 3.63) is 0 Å². The van der Waals surface area contributed by atoms with Crippen LogP contribution in [0.4, 0.5) is 0 Å². The van der Waals surface area contributed by atoms with Crippen LogP contribution in [0.3, 0.4) is 0 Å². The summed E-state index contributed by atoms with van der Waals surface area (Å²) in [4.78, 5) is 55.0. The zero-order valence-electron chi connectivity index (χ0n) is 14.0. The quantitative estimate of drug-likeness (QED) is 0.0702. The molecule has 0 amide bonds. The van der Waals surface area contributed by atoms with Crippen molar-refractivity contribution < 1.29 is 56.6 Å². The Morgan fingerprint density at radius 3 is 1.44 bits per heavy atom. The van der Waals surface area contributed by atoms with Gasteiger partial charge in [-0.1, -0.05) is 0 Å². The molecule has 27 heavy (non-hydrogen) atoms. The molecule has 7 N–H and O–H groups in total. The maximum Gasteiger partial charge on any atom is 0.696 e. The van der Waals surface area contributed by atoms with Crippen LogP contribution in [0.15, 0.2) is 0 Å². The van der Waals surface area contributed by atoms with Crippen molar-refractivity contribution >= 4 is 33.7 Å². The summed E-state index contributed by atoms with van der Waals surface area (Å²) in [5, 5.41) is 2.98. The summed E-state index contributed by atoms with van der Waals surface area (Å²) < 4.78 is 39.4. The summed E-state index contributed by atoms with van der Waals surface area (Å²) >= 11 is 0. The first-order valence-corrected chi connectivity index (χ1v) is 11.6. The van der Waals surface area contributed by atoms with Crippen LogP contribution < -0.4 is 5.32 Å². The first-order chi connectivity index (χ1) is 12.7. The topological polar surface area (TPSA) is 211 Å². The lowest BCUT2D eigenvalue weighted by molar-refractivity contribution is 0.0410. The average Bonchev–Trinajstić information content (AvgIpc) is 2.57. The van der Waals surface area contributed by atoms with Gasteiger partial charge in [0.05, 0.1) is 0 Å². The van der Waals surface area contributed by atoms with Crippen LogP contribution in [0.25, 0.3) is 0 Å². The van der Waals surface area contributed by atoms with Gasteiger partial charge in [0.1, 0.15) is 13.5 Å². The highest BCUT2D eigenvalue weighted by molar-refractivity contribution is 7.39. The largest absolute Gasteiger partial charge is 0.696 e. The van der Waals surface area contributed by atoms with E-state index in [0.29, 0.717) is 13.1 Å². The molecule has 0 saturated heterocycles. The summed E-state index contributed by atoms with van der Waals surface area (Å²) in [6.07, 6.45) is 0. The van der Waals surface area contributed by atoms with Crippen molar-refractivity contribution in [3.8, 4) is 0 Å². The smallest absolute Gasteiger partial charge is 0.328 e. The van der Waals surface area contributed by atoms with E-state index in [4.69, 9.17) is 29.4 Å². The molecule has 0 aliphatic rings. The Morgan fingerprint density at radius 1 is 0.741 bits per heavy atom. The van der Waals surface area contributed by atoms with Gasteiger partial charge in [0.2, 0.25) is 0 Å². The van der Waals surface area contributed by atoms with Gasteiger partial charge in [0.25, 0.3) is 0 Å². The Balaban J connectivity index is 4.15. The third kappa shape index (κ3) is 19.6. The third-order valence-electron chi connectivity index (χ3n) is 2.62. The molecule has 0 aliphatic carbocycles. The highest BCUT2D eigenvalue weighted by atomic mass is 31.2. The van der Waals surface area contributed by atoms with E-state index in [9.17, 15) is 9.13 Å². The van der Waals surface area contributed by atoms with Crippen molar-refractivity contribution in [2.45, 2.75) is 0 Å². The van der Waals surface area contributed by atoms with Crippen molar-refractivity contribution in [2.24, 2.45) is 0 Å². The predicted octanol–water partition coefficient (Wildman–Crippen LogP) is -1.20. The number of nitrogens with one attached hydrogen (secondary N) is 1. The first kappa shape index (κ1) is 27.5. The molecule has 0 bridgehead atoms. The molecule has 2 atom stereocenters. The Labute approximate surface area is 159 Å². The van der Waals surface area contributed by atoms with Crippen molar-refractivity contribution in [3.63, 3.8) is 0 Å². The van der Waals surface area contributed by atoms with Crippen LogP contribution in [0.5, 0.6) is 0 Å². The molecule has 0 rings (SSSR count). The van der Waals surface area contributed by atoms with E-state index in [0.717, 1.165) is 0 Å². The zero-order chi connectivity index (χ0) is 20.7. The minimum Gasteiger partial charge on any atom is -0.328 e. The van der Waals surface area contributed by atoms with Gasteiger partial charge in [-0.3, -0.25) is 13.9 Å². The van der Waals surface area contributed by atoms with Crippen LogP contribution >= 0.6 is 33.7 Å². The van der Waals surface area contributed by atoms with Gasteiger partial charge in [-0.05, 0) is 0 Å². The second-order valence-electron chi connectivity index (χ2n) is 4.55. The predicted molar refractivity (Wildman–Crippen MR) is 92.5 cm³/mol. The van der Waals surface area contributed by atoms with Crippen molar-refractivity contribution in [1.82, 2.24) is 15.1 Å². The lowest BCUT2D eigenvalue weighted by atomic mass is 10.5. The molecule has 0 aliphatic heterocycles. The SMILES string of the molecule is O=[P+](O)OCN(CCNCCN(COP(O)O)COP(O)O)CO[P+](=O)O. The maximum atomic E-state index is 10.5. The molecule has 15 nitrogen and oxygen atoms in total. The molecule has 0 saturated carbocycles. The molecule has 0 aromatic carbocycles. The van der Waals surface area contributed by atoms with E-state index in [1.165, 1.54) is 9.80 Å².